The first kappa shape index (κ1) is 25.3. The number of nitro groups is 1. The summed E-state index contributed by atoms with van der Waals surface area (Å²) in [5.41, 5.74) is 0.221. The van der Waals surface area contributed by atoms with Crippen molar-refractivity contribution in [2.24, 2.45) is 17.8 Å². The number of carbonyl (C=O) groups is 2. The van der Waals surface area contributed by atoms with Crippen LogP contribution in [0.5, 0.6) is 0 Å². The summed E-state index contributed by atoms with van der Waals surface area (Å²) in [6, 6.07) is 8.90. The number of halogens is 1. The van der Waals surface area contributed by atoms with Crippen LogP contribution < -0.4 is 9.80 Å². The third-order valence-electron chi connectivity index (χ3n) is 7.63. The van der Waals surface area contributed by atoms with Gasteiger partial charge in [0.05, 0.1) is 27.3 Å². The molecule has 3 fully saturated rings. The minimum Gasteiger partial charge on any atom is -0.363 e. The molecule has 0 unspecified atom stereocenters. The Morgan fingerprint density at radius 3 is 2.24 bits per heavy atom. The molecule has 5 rings (SSSR count). The van der Waals surface area contributed by atoms with Gasteiger partial charge in [0.1, 0.15) is 11.5 Å². The van der Waals surface area contributed by atoms with Crippen LogP contribution in [0.1, 0.15) is 26.2 Å². The van der Waals surface area contributed by atoms with Gasteiger partial charge in [0.25, 0.3) is 5.69 Å². The molecule has 2 aromatic rings. The van der Waals surface area contributed by atoms with Crippen LogP contribution in [0.15, 0.2) is 47.4 Å². The number of sulfonamides is 1. The van der Waals surface area contributed by atoms with Gasteiger partial charge in [-0.1, -0.05) is 6.92 Å². The third kappa shape index (κ3) is 4.48. The van der Waals surface area contributed by atoms with Crippen molar-refractivity contribution in [1.82, 2.24) is 4.31 Å². The number of amides is 2. The molecule has 1 aliphatic carbocycles. The van der Waals surface area contributed by atoms with Gasteiger partial charge in [-0.05, 0) is 61.6 Å². The van der Waals surface area contributed by atoms with Crippen LogP contribution in [-0.2, 0) is 19.6 Å². The van der Waals surface area contributed by atoms with Gasteiger partial charge in [0.2, 0.25) is 21.8 Å². The van der Waals surface area contributed by atoms with Gasteiger partial charge in [0.15, 0.2) is 0 Å². The highest BCUT2D eigenvalue weighted by Crippen LogP contribution is 2.43. The van der Waals surface area contributed by atoms with Gasteiger partial charge in [-0.25, -0.2) is 17.7 Å². The van der Waals surface area contributed by atoms with Crippen molar-refractivity contribution < 1.29 is 27.3 Å². The molecule has 1 saturated carbocycles. The molecule has 3 atom stereocenters. The largest absolute Gasteiger partial charge is 0.363 e. The van der Waals surface area contributed by atoms with E-state index in [-0.39, 0.29) is 71.8 Å². The summed E-state index contributed by atoms with van der Waals surface area (Å²) in [6.45, 7) is 2.63. The first-order valence-electron chi connectivity index (χ1n) is 12.2. The second kappa shape index (κ2) is 9.49. The second-order valence-electron chi connectivity index (χ2n) is 9.92. The Labute approximate surface area is 213 Å². The number of carbonyl (C=O) groups excluding carboxylic acids is 2. The van der Waals surface area contributed by atoms with E-state index in [4.69, 9.17) is 0 Å². The average Bonchev–Trinajstić information content (AvgIpc) is 3.13. The van der Waals surface area contributed by atoms with Crippen LogP contribution in [0.4, 0.5) is 21.5 Å². The summed E-state index contributed by atoms with van der Waals surface area (Å²) in [4.78, 5) is 40.3. The van der Waals surface area contributed by atoms with Gasteiger partial charge in [-0.15, -0.1) is 0 Å². The zero-order chi connectivity index (χ0) is 26.5. The van der Waals surface area contributed by atoms with E-state index in [9.17, 15) is 32.5 Å². The molecular weight excluding hydrogens is 503 g/mol. The molecule has 2 amide bonds. The summed E-state index contributed by atoms with van der Waals surface area (Å²) < 4.78 is 40.3. The first-order chi connectivity index (χ1) is 17.6. The highest BCUT2D eigenvalue weighted by Gasteiger charge is 2.50. The Hall–Kier alpha value is -3.38. The fourth-order valence-electron chi connectivity index (χ4n) is 5.63. The lowest BCUT2D eigenvalue weighted by Crippen LogP contribution is -2.48. The highest BCUT2D eigenvalue weighted by atomic mass is 32.2. The first-order valence-corrected chi connectivity index (χ1v) is 13.7. The lowest BCUT2D eigenvalue weighted by atomic mass is 9.76. The number of anilines is 2. The monoisotopic (exact) mass is 530 g/mol. The predicted octanol–water partition coefficient (Wildman–Crippen LogP) is 3.17. The molecule has 0 N–H and O–H groups in total. The highest BCUT2D eigenvalue weighted by molar-refractivity contribution is 7.89. The number of piperazine rings is 1. The summed E-state index contributed by atoms with van der Waals surface area (Å²) in [7, 11) is -3.83. The summed E-state index contributed by atoms with van der Waals surface area (Å²) in [5.74, 6) is -1.55. The van der Waals surface area contributed by atoms with E-state index in [0.29, 0.717) is 18.8 Å². The summed E-state index contributed by atoms with van der Waals surface area (Å²) >= 11 is 0. The molecule has 0 spiro atoms. The summed E-state index contributed by atoms with van der Waals surface area (Å²) in [5, 5.41) is 12.0. The average molecular weight is 531 g/mol. The fraction of sp³-hybridized carbons (Fsp3) is 0.440. The minimum absolute atomic E-state index is 0.0207. The molecule has 12 heteroatoms. The molecule has 0 radical (unpaired) electrons. The van der Waals surface area contributed by atoms with Gasteiger partial charge < -0.3 is 4.90 Å². The van der Waals surface area contributed by atoms with Crippen molar-refractivity contribution in [3.63, 3.8) is 0 Å². The number of nitro benzene ring substituents is 1. The molecule has 2 aromatic carbocycles. The third-order valence-corrected chi connectivity index (χ3v) is 9.55. The van der Waals surface area contributed by atoms with Gasteiger partial charge in [-0.2, -0.15) is 4.31 Å². The Morgan fingerprint density at radius 1 is 0.946 bits per heavy atom. The molecule has 10 nitrogen and oxygen atoms in total. The SMILES string of the molecule is C[C@@H]1CC[C@@H]2C(=O)N(c3ccc(N4CCN(S(=O)(=O)c5ccc(F)cc5)CC4)c([N+](=O)[O-])c3)C(=O)[C@@H]2C1. The molecule has 2 aliphatic heterocycles. The maximum absolute atomic E-state index is 13.2. The second-order valence-corrected chi connectivity index (χ2v) is 11.9. The summed E-state index contributed by atoms with van der Waals surface area (Å²) in [6.07, 6.45) is 2.14. The van der Waals surface area contributed by atoms with E-state index in [2.05, 4.69) is 6.92 Å². The quantitative estimate of drug-likeness (QED) is 0.331. The normalized spacial score (nSPS) is 24.9. The van der Waals surface area contributed by atoms with Crippen LogP contribution >= 0.6 is 0 Å². The number of imide groups is 1. The van der Waals surface area contributed by atoms with Crippen molar-refractivity contribution in [2.75, 3.05) is 36.0 Å². The van der Waals surface area contributed by atoms with Gasteiger partial charge >= 0.3 is 0 Å². The molecule has 0 aromatic heterocycles. The number of nitrogens with zero attached hydrogens (tertiary/aromatic N) is 4. The van der Waals surface area contributed by atoms with E-state index in [1.54, 1.807) is 11.0 Å². The van der Waals surface area contributed by atoms with E-state index < -0.39 is 20.8 Å². The van der Waals surface area contributed by atoms with Crippen molar-refractivity contribution in [3.8, 4) is 0 Å². The van der Waals surface area contributed by atoms with Crippen molar-refractivity contribution in [2.45, 2.75) is 31.1 Å². The smallest absolute Gasteiger partial charge is 0.294 e. The molecular formula is C25H27FN4O6S. The predicted molar refractivity (Wildman–Crippen MR) is 133 cm³/mol. The number of rotatable bonds is 5. The molecule has 2 saturated heterocycles. The molecule has 196 valence electrons. The fourth-order valence-corrected chi connectivity index (χ4v) is 7.06. The molecule has 0 bridgehead atoms. The van der Waals surface area contributed by atoms with Crippen LogP contribution in [0.2, 0.25) is 0 Å². The van der Waals surface area contributed by atoms with E-state index in [1.165, 1.54) is 28.6 Å². The Bertz CT molecular complexity index is 1360. The van der Waals surface area contributed by atoms with Crippen LogP contribution in [0.25, 0.3) is 0 Å². The number of hydrogen-bond donors (Lipinski definition) is 0. The molecule has 37 heavy (non-hydrogen) atoms. The van der Waals surface area contributed by atoms with Crippen LogP contribution in [0.3, 0.4) is 0 Å². The van der Waals surface area contributed by atoms with E-state index in [0.717, 1.165) is 23.5 Å². The lowest BCUT2D eigenvalue weighted by molar-refractivity contribution is -0.384. The number of fused-ring (bicyclic) bond motifs is 1. The van der Waals surface area contributed by atoms with Crippen molar-refractivity contribution in [3.05, 3.63) is 58.4 Å². The van der Waals surface area contributed by atoms with Gasteiger partial charge in [-0.3, -0.25) is 19.7 Å². The number of benzene rings is 2. The minimum atomic E-state index is -3.83. The van der Waals surface area contributed by atoms with E-state index in [1.807, 2.05) is 0 Å². The van der Waals surface area contributed by atoms with E-state index >= 15 is 0 Å². The van der Waals surface area contributed by atoms with Crippen molar-refractivity contribution in [1.29, 1.82) is 0 Å². The van der Waals surface area contributed by atoms with Crippen LogP contribution in [-0.4, -0.2) is 55.6 Å². The molecule has 3 aliphatic rings. The topological polar surface area (TPSA) is 121 Å². The molecule has 2 heterocycles. The van der Waals surface area contributed by atoms with Gasteiger partial charge in [0, 0.05) is 32.2 Å². The Balaban J connectivity index is 1.35. The standard InChI is InChI=1S/C25H27FN4O6S/c1-16-2-8-20-21(14-16)25(32)29(24(20)31)18-5-9-22(23(15-18)30(33)34)27-10-12-28(13-11-27)37(35,36)19-6-3-17(26)4-7-19/h3-7,9,15-16,20-21H,2,8,10-14H2,1H3/t16-,20+,21-/m1/s1. The zero-order valence-electron chi connectivity index (χ0n) is 20.2. The zero-order valence-corrected chi connectivity index (χ0v) is 21.1. The van der Waals surface area contributed by atoms with Crippen molar-refractivity contribution >= 4 is 38.9 Å². The maximum atomic E-state index is 13.2. The maximum Gasteiger partial charge on any atom is 0.294 e. The number of hydrogen-bond acceptors (Lipinski definition) is 7. The lowest BCUT2D eigenvalue weighted by Gasteiger charge is -2.35. The Kier molecular flexibility index (Phi) is 6.48. The Morgan fingerprint density at radius 2 is 1.59 bits per heavy atom. The van der Waals surface area contributed by atoms with Crippen LogP contribution in [0, 0.1) is 33.7 Å².